The summed E-state index contributed by atoms with van der Waals surface area (Å²) in [5.41, 5.74) is 0. The maximum atomic E-state index is 11.3. The van der Waals surface area contributed by atoms with Gasteiger partial charge in [0, 0.05) is 24.8 Å². The summed E-state index contributed by atoms with van der Waals surface area (Å²) < 4.78 is 122. The van der Waals surface area contributed by atoms with Crippen molar-refractivity contribution in [1.82, 2.24) is 37.3 Å². The predicted octanol–water partition coefficient (Wildman–Crippen LogP) is -20.9. The molecule has 0 saturated heterocycles. The van der Waals surface area contributed by atoms with Crippen LogP contribution in [-0.2, 0) is 136 Å². The molecule has 121 heavy (non-hydrogen) atoms. The van der Waals surface area contributed by atoms with Gasteiger partial charge in [-0.15, -0.1) is 36.4 Å². The minimum Gasteiger partial charge on any atom is -1.00 e. The van der Waals surface area contributed by atoms with Crippen molar-refractivity contribution >= 4 is 149 Å². The van der Waals surface area contributed by atoms with E-state index in [2.05, 4.69) is 43.1 Å². The van der Waals surface area contributed by atoms with Gasteiger partial charge in [-0.05, 0) is 14.5 Å². The molecule has 6 rings (SSSR count). The molecule has 5 aromatic rings. The molecule has 1 aliphatic heterocycles. The van der Waals surface area contributed by atoms with E-state index in [9.17, 15) is 115 Å². The minimum absolute atomic E-state index is 0. The number of β-amino-alcohol motifs (C(OH)–C–C–N with tert-alkyl or cyclic N) is 2. The van der Waals surface area contributed by atoms with Crippen LogP contribution < -0.4 is 107 Å². The average Bonchev–Trinajstić information content (AvgIpc) is 1.71. The number of halogens is 5. The van der Waals surface area contributed by atoms with E-state index in [4.69, 9.17) is 95.1 Å². The first kappa shape index (κ1) is 135. The number of carboxylic acid groups (broad SMARTS) is 3. The molecule has 7 unspecified atom stereocenters. The molecule has 5 aromatic heterocycles. The molecule has 0 amide bonds. The molecule has 1 aliphatic rings. The SMILES string of the molecule is CC(O)(C[n+]1ccn(CC(O)(P(=O)(O)O)P(=O)(O)O)c1)P(=O)(O)O.COC(=O)CCl.COC(=O)Cn1cc[n+](CC(=O)OC)c1.C[Si](C)(C)n1ccnc1.Cl.Cl.O.O=C(O)C[n+]1ccn(CC(O)(P(=O)([O-])O)P(=O)(O)O)c1.O=C(O)Cn1cc[n+](CC(=O)O)c1.O=P([O-])(O)C(O)CN1C=CN(CC(O)(P(=O)([O-])[O-])P(=O)([O-])O)C1.O=[P+]([O-])[O-].[Cl-].[Cl-].[Na+].[OH-]. The number of aliphatic hydroxyl groups excluding tert-OH is 1. The number of esters is 3. The molecule has 0 saturated carbocycles. The fourth-order valence-corrected chi connectivity index (χ4v) is 15.2. The van der Waals surface area contributed by atoms with Crippen molar-refractivity contribution in [3.05, 3.63) is 106 Å². The van der Waals surface area contributed by atoms with Gasteiger partial charge in [-0.1, -0.05) is 24.2 Å². The van der Waals surface area contributed by atoms with Gasteiger partial charge in [0.1, 0.15) is 80.9 Å². The zero-order valence-electron chi connectivity index (χ0n) is 63.4. The van der Waals surface area contributed by atoms with Gasteiger partial charge in [-0.3, -0.25) is 23.1 Å². The number of hydrogen-bond donors (Lipinski definition) is 19. The summed E-state index contributed by atoms with van der Waals surface area (Å²) in [6.45, 7) is 1.76. The number of aromatic nitrogens is 10. The third kappa shape index (κ3) is 49.1. The van der Waals surface area contributed by atoms with Crippen molar-refractivity contribution in [3.8, 4) is 0 Å². The zero-order valence-corrected chi connectivity index (χ0v) is 78.3. The molecule has 22 N–H and O–H groups in total. The Morgan fingerprint density at radius 1 is 0.545 bits per heavy atom. The molecule has 7 atom stereocenters. The number of carboxylic acids is 3. The third-order valence-corrected chi connectivity index (χ3v) is 28.6. The molecule has 0 bridgehead atoms. The first-order chi connectivity index (χ1) is 51.2. The van der Waals surface area contributed by atoms with Gasteiger partial charge in [0.15, 0.2) is 68.8 Å². The normalized spacial score (nSPS) is 14.8. The van der Waals surface area contributed by atoms with Crippen molar-refractivity contribution < 1.29 is 297 Å². The van der Waals surface area contributed by atoms with Gasteiger partial charge in [-0.2, -0.15) is 0 Å². The fraction of sp³-hybridized carbons (Fsp3) is 0.511. The van der Waals surface area contributed by atoms with E-state index in [-0.39, 0.29) is 134 Å². The van der Waals surface area contributed by atoms with Crippen molar-refractivity contribution in [2.75, 3.05) is 47.0 Å². The smallest absolute Gasteiger partial charge is 1.00 e. The first-order valence-electron chi connectivity index (χ1n) is 29.7. The molecular weight excluding hydrogens is 1980 g/mol. The summed E-state index contributed by atoms with van der Waals surface area (Å²) in [5.74, 6) is -6.41. The molecule has 700 valence electrons. The van der Waals surface area contributed by atoms with E-state index in [1.54, 1.807) is 27.9 Å². The second-order valence-corrected chi connectivity index (χ2v) is 44.9. The Kier molecular flexibility index (Phi) is 63.4. The fourth-order valence-electron chi connectivity index (χ4n) is 7.39. The van der Waals surface area contributed by atoms with Gasteiger partial charge in [0.2, 0.25) is 30.7 Å². The van der Waals surface area contributed by atoms with Crippen LogP contribution in [0.15, 0.2) is 106 Å². The Balaban J connectivity index is -0.000000175. The van der Waals surface area contributed by atoms with Gasteiger partial charge >= 0.3 is 101 Å². The largest absolute Gasteiger partial charge is 1.00 e. The number of rotatable bonds is 30. The summed E-state index contributed by atoms with van der Waals surface area (Å²) in [7, 11) is -45.4. The van der Waals surface area contributed by atoms with Crippen LogP contribution in [0.2, 0.25) is 19.6 Å². The summed E-state index contributed by atoms with van der Waals surface area (Å²) in [4.78, 5) is 238. The predicted molar refractivity (Wildman–Crippen MR) is 381 cm³/mol. The maximum absolute atomic E-state index is 11.3. The molecule has 0 fully saturated rings. The molecule has 0 radical (unpaired) electrons. The van der Waals surface area contributed by atoms with Crippen molar-refractivity contribution in [1.29, 1.82) is 0 Å². The standard InChI is InChI=1S/C9H13N2O4.C8H17N2O11P3.C7H17N2O11P3.C7H12N2O9P2.C7H8N2O4.C6H12N2Si.C3H5ClO2.4ClH.Na.HO3P.2H2O/c1-14-8(12)5-10-3-4-11(7-10)6-9(13)15-2;1-7(11,22(13,14)15)4-9-2-3-10(6-9)5-8(12,23(16,17)18)24(19,20)21;10-6(21(12,13)14)3-8-1-2-9(5-8)4-7(11,22(15,16)17)23(18,19)20;10-6(11)3-8-1-2-9(5-8)4-7(12,19(13,14)15)20(16,17)18;10-6(11)3-8-1-2-9(5-8)4-7(12)13;1-9(2,3)8-5-4-7-6-8;1-6-3(5)2-4;;;;;;1-4(2)3;;/h3-4,7H,5-6H2,1-2H3;2-3,6,11-12H,4-5H2,1H3,(H5-,13,14,15,16,17,18,19,20,21);1-2,6,10-11H,3-5H2,(H2,12,13,14)(H2,15,16,17)(H2,18,19,20);1-2,5,12H,3-4H2,(H4-,10,11,13,14,15,16,17,18);1-2,5H,3-4H2,(H-,10,11,12,13);4-6H,1-3H3;2H2,1H3;4*1H;;(H,1,2,3);2*1H2/q+1;;;;;;;;;;;+1;;;/p-6. The topological polar surface area (TPSA) is 951 Å². The Labute approximate surface area is 737 Å². The van der Waals surface area contributed by atoms with E-state index in [1.165, 1.54) is 55.4 Å². The number of carbonyl (C=O) groups excluding carboxylic acids is 3. The van der Waals surface area contributed by atoms with Crippen LogP contribution in [0.4, 0.5) is 0 Å². The Morgan fingerprint density at radius 3 is 1.19 bits per heavy atom. The summed E-state index contributed by atoms with van der Waals surface area (Å²) in [6.07, 6.45) is 23.6. The molecule has 6 heterocycles. The molecule has 74 heteroatoms. The average molecular weight is 2060 g/mol. The zero-order chi connectivity index (χ0) is 89.8. The number of methoxy groups -OCH3 is 3. The number of alkyl halides is 1. The Hall–Kier alpha value is -4.18. The second kappa shape index (κ2) is 56.9. The van der Waals surface area contributed by atoms with Gasteiger partial charge in [0.25, 0.3) is 13.3 Å². The third-order valence-electron chi connectivity index (χ3n) is 13.3. The second-order valence-electron chi connectivity index (χ2n) is 23.7. The van der Waals surface area contributed by atoms with E-state index in [1.807, 2.05) is 18.7 Å². The van der Waals surface area contributed by atoms with Crippen LogP contribution in [0.1, 0.15) is 6.92 Å². The van der Waals surface area contributed by atoms with E-state index in [0.29, 0.717) is 0 Å². The Bertz CT molecular complexity index is 4300. The molecule has 58 nitrogen and oxygen atoms in total. The number of nitrogens with zero attached hydrogens (tertiary/aromatic N) is 12. The van der Waals surface area contributed by atoms with Crippen LogP contribution in [0, 0.1) is 0 Å². The number of carbonyl (C=O) groups is 6. The van der Waals surface area contributed by atoms with Gasteiger partial charge in [0.05, 0.1) is 47.4 Å². The van der Waals surface area contributed by atoms with Crippen LogP contribution in [0.25, 0.3) is 0 Å². The summed E-state index contributed by atoms with van der Waals surface area (Å²) >= 11 is 4.98. The molecule has 0 spiro atoms. The van der Waals surface area contributed by atoms with E-state index in [0.717, 1.165) is 78.6 Å². The van der Waals surface area contributed by atoms with Gasteiger partial charge in [-0.25, -0.2) is 65.5 Å². The van der Waals surface area contributed by atoms with Crippen molar-refractivity contribution in [3.63, 3.8) is 0 Å². The van der Waals surface area contributed by atoms with Crippen molar-refractivity contribution in [2.24, 2.45) is 0 Å². The van der Waals surface area contributed by atoms with Crippen molar-refractivity contribution in [2.45, 2.75) is 105 Å². The van der Waals surface area contributed by atoms with Crippen LogP contribution >= 0.6 is 105 Å². The van der Waals surface area contributed by atoms with Crippen LogP contribution in [-0.4, -0.2) is 260 Å². The number of aliphatic hydroxyl groups is 5. The maximum Gasteiger partial charge on any atom is 1.00 e. The molecule has 0 aromatic carbocycles. The Morgan fingerprint density at radius 2 is 0.893 bits per heavy atom. The summed E-state index contributed by atoms with van der Waals surface area (Å²) in [5, 5.41) is 59.4. The molecule has 0 aliphatic carbocycles. The van der Waals surface area contributed by atoms with Gasteiger partial charge < -0.3 is 211 Å². The number of ether oxygens (including phenoxy) is 3. The quantitative estimate of drug-likeness (QED) is 0.00507. The number of imidazole rings is 5. The van der Waals surface area contributed by atoms with Crippen LogP contribution in [0.3, 0.4) is 0 Å². The van der Waals surface area contributed by atoms with E-state index < -0.39 is 174 Å². The number of hydrogen-bond acceptors (Lipinski definition) is 34. The number of aliphatic carboxylic acids is 3. The van der Waals surface area contributed by atoms with E-state index >= 15 is 0 Å². The summed E-state index contributed by atoms with van der Waals surface area (Å²) in [6, 6.07) is 0. The van der Waals surface area contributed by atoms with Crippen LogP contribution in [0.5, 0.6) is 0 Å². The minimum atomic E-state index is -6.18. The first-order valence-corrected chi connectivity index (χ1v) is 47.6. The molecular formula is C47H87Cl5N12NaO46P9Si-4. The monoisotopic (exact) mass is 2060 g/mol.